The first-order valence-corrected chi connectivity index (χ1v) is 12.6. The first-order valence-electron chi connectivity index (χ1n) is 12.2. The van der Waals surface area contributed by atoms with Gasteiger partial charge in [-0.3, -0.25) is 0 Å². The number of hydrogen-bond donors (Lipinski definition) is 1. The molecule has 1 atom stereocenters. The lowest BCUT2D eigenvalue weighted by Gasteiger charge is -2.26. The van der Waals surface area contributed by atoms with Crippen LogP contribution in [-0.4, -0.2) is 28.3 Å². The first kappa shape index (κ1) is 25.1. The fourth-order valence-corrected chi connectivity index (χ4v) is 4.61. The molecule has 0 aliphatic heterocycles. The summed E-state index contributed by atoms with van der Waals surface area (Å²) >= 11 is 5.91. The molecule has 0 saturated heterocycles. The van der Waals surface area contributed by atoms with Gasteiger partial charge in [0.05, 0.1) is 12.3 Å². The van der Waals surface area contributed by atoms with Gasteiger partial charge in [-0.05, 0) is 68.7 Å². The summed E-state index contributed by atoms with van der Waals surface area (Å²) in [6.07, 6.45) is 7.00. The molecule has 0 amide bonds. The zero-order chi connectivity index (χ0) is 24.8. The average Bonchev–Trinajstić information content (AvgIpc) is 3.22. The quantitative estimate of drug-likeness (QED) is 0.333. The number of carboxylic acid groups (broad SMARTS) is 1. The number of aryl methyl sites for hydroxylation is 1. The number of ether oxygens (including phenoxy) is 2. The van der Waals surface area contributed by atoms with Gasteiger partial charge in [-0.25, -0.2) is 9.78 Å². The van der Waals surface area contributed by atoms with Crippen molar-refractivity contribution in [1.82, 2.24) is 4.98 Å². The molecule has 0 radical (unpaired) electrons. The van der Waals surface area contributed by atoms with Gasteiger partial charge in [0, 0.05) is 23.8 Å². The smallest absolute Gasteiger partial charge is 0.348 e. The Morgan fingerprint density at radius 1 is 1.09 bits per heavy atom. The molecule has 1 aliphatic rings. The molecule has 6 nitrogen and oxygen atoms in total. The van der Waals surface area contributed by atoms with Gasteiger partial charge in [0.2, 0.25) is 5.60 Å². The van der Waals surface area contributed by atoms with Crippen LogP contribution in [-0.2, 0) is 17.6 Å². The maximum Gasteiger partial charge on any atom is 0.348 e. The number of halogens is 1. The van der Waals surface area contributed by atoms with Crippen LogP contribution in [0, 0.1) is 6.92 Å². The Bertz CT molecular complexity index is 1120. The van der Waals surface area contributed by atoms with Crippen LogP contribution in [0.2, 0.25) is 5.02 Å². The maximum absolute atomic E-state index is 12.0. The minimum atomic E-state index is -1.42. The Labute approximate surface area is 211 Å². The third-order valence-electron chi connectivity index (χ3n) is 6.55. The van der Waals surface area contributed by atoms with E-state index in [1.165, 1.54) is 19.3 Å². The van der Waals surface area contributed by atoms with Gasteiger partial charge in [0.1, 0.15) is 17.3 Å². The lowest BCUT2D eigenvalue weighted by atomic mass is 9.89. The van der Waals surface area contributed by atoms with Crippen molar-refractivity contribution in [3.8, 4) is 11.5 Å². The molecule has 0 bridgehead atoms. The number of benzene rings is 2. The summed E-state index contributed by atoms with van der Waals surface area (Å²) in [6, 6.07) is 14.1. The molecule has 186 valence electrons. The van der Waals surface area contributed by atoms with Gasteiger partial charge >= 0.3 is 5.97 Å². The largest absolute Gasteiger partial charge is 0.493 e. The first-order chi connectivity index (χ1) is 16.8. The van der Waals surface area contributed by atoms with E-state index < -0.39 is 11.6 Å². The summed E-state index contributed by atoms with van der Waals surface area (Å²) in [5.41, 5.74) is 0.371. The van der Waals surface area contributed by atoms with Crippen LogP contribution >= 0.6 is 11.6 Å². The van der Waals surface area contributed by atoms with Crippen LogP contribution in [0.1, 0.15) is 67.9 Å². The van der Waals surface area contributed by atoms with Crippen molar-refractivity contribution in [2.75, 3.05) is 6.61 Å². The molecule has 1 N–H and O–H groups in total. The molecule has 1 aliphatic carbocycles. The molecule has 3 aromatic rings. The molecule has 4 rings (SSSR count). The summed E-state index contributed by atoms with van der Waals surface area (Å²) in [4.78, 5) is 16.7. The molecule has 0 spiro atoms. The SMILES string of the molecule is Cc1oc(C2CCCCC2)nc1CCOc1ccc(CC(C)(Oc2ccc(Cl)cc2)C(=O)O)cc1. The predicted molar refractivity (Wildman–Crippen MR) is 135 cm³/mol. The molecule has 7 heteroatoms. The highest BCUT2D eigenvalue weighted by atomic mass is 35.5. The Kier molecular flexibility index (Phi) is 8.01. The van der Waals surface area contributed by atoms with E-state index in [9.17, 15) is 9.90 Å². The van der Waals surface area contributed by atoms with E-state index >= 15 is 0 Å². The monoisotopic (exact) mass is 497 g/mol. The van der Waals surface area contributed by atoms with Crippen molar-refractivity contribution < 1.29 is 23.8 Å². The zero-order valence-corrected chi connectivity index (χ0v) is 21.0. The number of nitrogens with zero attached hydrogens (tertiary/aromatic N) is 1. The minimum absolute atomic E-state index is 0.202. The lowest BCUT2D eigenvalue weighted by molar-refractivity contribution is -0.153. The van der Waals surface area contributed by atoms with Crippen molar-refractivity contribution in [2.24, 2.45) is 0 Å². The van der Waals surface area contributed by atoms with Gasteiger partial charge in [-0.15, -0.1) is 0 Å². The molecular formula is C28H32ClNO5. The van der Waals surface area contributed by atoms with Crippen LogP contribution in [0.15, 0.2) is 52.9 Å². The Hall–Kier alpha value is -2.99. The van der Waals surface area contributed by atoms with E-state index in [-0.39, 0.29) is 6.42 Å². The van der Waals surface area contributed by atoms with E-state index in [0.29, 0.717) is 29.7 Å². The highest BCUT2D eigenvalue weighted by Crippen LogP contribution is 2.33. The molecule has 1 fully saturated rings. The van der Waals surface area contributed by atoms with Crippen LogP contribution in [0.4, 0.5) is 0 Å². The van der Waals surface area contributed by atoms with E-state index in [1.54, 1.807) is 31.2 Å². The van der Waals surface area contributed by atoms with Crippen LogP contribution in [0.25, 0.3) is 0 Å². The number of rotatable bonds is 10. The molecule has 1 unspecified atom stereocenters. The number of oxazole rings is 1. The summed E-state index contributed by atoms with van der Waals surface area (Å²) in [5, 5.41) is 10.4. The molecule has 1 heterocycles. The third kappa shape index (κ3) is 6.57. The molecule has 2 aromatic carbocycles. The highest BCUT2D eigenvalue weighted by Gasteiger charge is 2.36. The van der Waals surface area contributed by atoms with Gasteiger partial charge in [-0.1, -0.05) is 43.0 Å². The highest BCUT2D eigenvalue weighted by molar-refractivity contribution is 6.30. The van der Waals surface area contributed by atoms with Gasteiger partial charge in [-0.2, -0.15) is 0 Å². The third-order valence-corrected chi connectivity index (χ3v) is 6.80. The summed E-state index contributed by atoms with van der Waals surface area (Å²) < 4.78 is 17.7. The Balaban J connectivity index is 1.31. The van der Waals surface area contributed by atoms with Crippen molar-refractivity contribution in [2.45, 2.75) is 70.3 Å². The van der Waals surface area contributed by atoms with Crippen molar-refractivity contribution >= 4 is 17.6 Å². The molecule has 1 saturated carbocycles. The Morgan fingerprint density at radius 2 is 1.74 bits per heavy atom. The Morgan fingerprint density at radius 3 is 2.40 bits per heavy atom. The second-order valence-electron chi connectivity index (χ2n) is 9.40. The normalized spacial score (nSPS) is 16.0. The minimum Gasteiger partial charge on any atom is -0.493 e. The number of aromatic nitrogens is 1. The van der Waals surface area contributed by atoms with Crippen molar-refractivity contribution in [3.63, 3.8) is 0 Å². The van der Waals surface area contributed by atoms with Crippen LogP contribution in [0.3, 0.4) is 0 Å². The summed E-state index contributed by atoms with van der Waals surface area (Å²) in [5.74, 6) is 2.34. The standard InChI is InChI=1S/C28H32ClNO5/c1-19-25(30-26(34-19)21-6-4-3-5-7-21)16-17-33-23-12-8-20(9-13-23)18-28(2,27(31)32)35-24-14-10-22(29)11-15-24/h8-15,21H,3-7,16-18H2,1-2H3,(H,31,32). The van der Waals surface area contributed by atoms with Gasteiger partial charge in [0.25, 0.3) is 0 Å². The average molecular weight is 498 g/mol. The van der Waals surface area contributed by atoms with Gasteiger partial charge < -0.3 is 19.0 Å². The van der Waals surface area contributed by atoms with E-state index in [4.69, 9.17) is 30.5 Å². The second kappa shape index (κ2) is 11.2. The predicted octanol–water partition coefficient (Wildman–Crippen LogP) is 6.77. The van der Waals surface area contributed by atoms with Crippen molar-refractivity contribution in [3.05, 3.63) is 76.5 Å². The number of aliphatic carboxylic acids is 1. The molecule has 35 heavy (non-hydrogen) atoms. The number of hydrogen-bond acceptors (Lipinski definition) is 5. The fourth-order valence-electron chi connectivity index (χ4n) is 4.48. The zero-order valence-electron chi connectivity index (χ0n) is 20.3. The molecular weight excluding hydrogens is 466 g/mol. The fraction of sp³-hybridized carbons (Fsp3) is 0.429. The van der Waals surface area contributed by atoms with Gasteiger partial charge in [0.15, 0.2) is 5.89 Å². The lowest BCUT2D eigenvalue weighted by Crippen LogP contribution is -2.43. The van der Waals surface area contributed by atoms with Crippen LogP contribution < -0.4 is 9.47 Å². The molecule has 1 aromatic heterocycles. The number of carbonyl (C=O) groups is 1. The second-order valence-corrected chi connectivity index (χ2v) is 9.84. The summed E-state index contributed by atoms with van der Waals surface area (Å²) in [6.45, 7) is 4.02. The van der Waals surface area contributed by atoms with E-state index in [1.807, 2.05) is 31.2 Å². The topological polar surface area (TPSA) is 81.8 Å². The summed E-state index contributed by atoms with van der Waals surface area (Å²) in [7, 11) is 0. The maximum atomic E-state index is 12.0. The number of carboxylic acids is 1. The van der Waals surface area contributed by atoms with E-state index in [0.717, 1.165) is 41.5 Å². The van der Waals surface area contributed by atoms with E-state index in [2.05, 4.69) is 0 Å². The van der Waals surface area contributed by atoms with Crippen molar-refractivity contribution in [1.29, 1.82) is 0 Å². The van der Waals surface area contributed by atoms with Crippen LogP contribution in [0.5, 0.6) is 11.5 Å².